The smallest absolute Gasteiger partial charge is 0.153 e. The first-order valence-electron chi connectivity index (χ1n) is 9.60. The molecule has 0 aliphatic carbocycles. The Balaban J connectivity index is 1.64. The molecular weight excluding hydrogens is 338 g/mol. The van der Waals surface area contributed by atoms with Gasteiger partial charge in [-0.05, 0) is 46.2 Å². The Morgan fingerprint density at radius 3 is 2.63 bits per heavy atom. The van der Waals surface area contributed by atoms with Crippen molar-refractivity contribution in [3.8, 4) is 0 Å². The molecule has 0 amide bonds. The largest absolute Gasteiger partial charge is 0.367 e. The fraction of sp³-hybridized carbons (Fsp3) is 0.450. The van der Waals surface area contributed by atoms with Crippen LogP contribution in [-0.2, 0) is 0 Å². The molecule has 2 fully saturated rings. The summed E-state index contributed by atoms with van der Waals surface area (Å²) in [5.41, 5.74) is 2.77. The lowest BCUT2D eigenvalue weighted by Gasteiger charge is -2.30. The van der Waals surface area contributed by atoms with Gasteiger partial charge in [0.05, 0.1) is 5.69 Å². The first-order valence-corrected chi connectivity index (χ1v) is 9.60. The van der Waals surface area contributed by atoms with Gasteiger partial charge in [0.1, 0.15) is 11.6 Å². The number of nitrogens with zero attached hydrogens (tertiary/aromatic N) is 3. The minimum atomic E-state index is 0.417. The topological polar surface area (TPSA) is 90.0 Å². The minimum absolute atomic E-state index is 0.417. The predicted molar refractivity (Wildman–Crippen MR) is 111 cm³/mol. The fourth-order valence-electron chi connectivity index (χ4n) is 4.16. The highest BCUT2D eigenvalue weighted by Gasteiger charge is 2.33. The highest BCUT2D eigenvalue weighted by Crippen LogP contribution is 2.34. The lowest BCUT2D eigenvalue weighted by molar-refractivity contribution is 0.377. The molecule has 142 valence electrons. The van der Waals surface area contributed by atoms with Crippen molar-refractivity contribution in [2.24, 2.45) is 4.99 Å². The van der Waals surface area contributed by atoms with E-state index in [2.05, 4.69) is 37.9 Å². The van der Waals surface area contributed by atoms with Crippen molar-refractivity contribution in [1.29, 1.82) is 0 Å². The number of nitrogens with one attached hydrogen (secondary N) is 4. The zero-order valence-electron chi connectivity index (χ0n) is 15.9. The SMILES string of the molecule is C=Nc1cc(Nc2cc(C)[nH]n2)nc(N[C@@H]2C[C@H]3CC[C@@H](C2)N3)c1/C=C\C. The van der Waals surface area contributed by atoms with Crippen LogP contribution in [0, 0.1) is 6.92 Å². The van der Waals surface area contributed by atoms with E-state index >= 15 is 0 Å². The number of rotatable bonds is 6. The van der Waals surface area contributed by atoms with E-state index in [1.165, 1.54) is 12.8 Å². The number of pyridine rings is 1. The molecule has 0 saturated carbocycles. The molecule has 2 aliphatic rings. The molecule has 2 aliphatic heterocycles. The number of aliphatic imine (C=N–C) groups is 1. The number of allylic oxidation sites excluding steroid dienone is 1. The Bertz CT molecular complexity index is 842. The minimum Gasteiger partial charge on any atom is -0.367 e. The number of piperidine rings is 1. The lowest BCUT2D eigenvalue weighted by atomic mass is 9.99. The third-order valence-corrected chi connectivity index (χ3v) is 5.32. The van der Waals surface area contributed by atoms with Crippen molar-refractivity contribution < 1.29 is 0 Å². The Morgan fingerprint density at radius 2 is 2.00 bits per heavy atom. The molecule has 4 N–H and O–H groups in total. The summed E-state index contributed by atoms with van der Waals surface area (Å²) in [5.74, 6) is 2.29. The molecule has 4 heterocycles. The third-order valence-electron chi connectivity index (χ3n) is 5.32. The number of hydrogen-bond acceptors (Lipinski definition) is 6. The lowest BCUT2D eigenvalue weighted by Crippen LogP contribution is -2.43. The van der Waals surface area contributed by atoms with E-state index < -0.39 is 0 Å². The van der Waals surface area contributed by atoms with Gasteiger partial charge in [0.2, 0.25) is 0 Å². The van der Waals surface area contributed by atoms with Crippen LogP contribution in [-0.4, -0.2) is 40.0 Å². The highest BCUT2D eigenvalue weighted by atomic mass is 15.2. The fourth-order valence-corrected chi connectivity index (χ4v) is 4.16. The molecular formula is C20H27N7. The predicted octanol–water partition coefficient (Wildman–Crippen LogP) is 3.92. The quantitative estimate of drug-likeness (QED) is 0.583. The van der Waals surface area contributed by atoms with Gasteiger partial charge in [-0.1, -0.05) is 12.2 Å². The molecule has 2 saturated heterocycles. The van der Waals surface area contributed by atoms with Crippen molar-refractivity contribution >= 4 is 35.9 Å². The molecule has 7 heteroatoms. The number of fused-ring (bicyclic) bond motifs is 2. The number of anilines is 3. The molecule has 0 aromatic carbocycles. The Labute approximate surface area is 159 Å². The van der Waals surface area contributed by atoms with Gasteiger partial charge in [-0.3, -0.25) is 10.1 Å². The summed E-state index contributed by atoms with van der Waals surface area (Å²) in [5, 5.41) is 17.8. The van der Waals surface area contributed by atoms with E-state index in [-0.39, 0.29) is 0 Å². The molecule has 7 nitrogen and oxygen atoms in total. The first kappa shape index (κ1) is 17.7. The second-order valence-corrected chi connectivity index (χ2v) is 7.46. The van der Waals surface area contributed by atoms with Crippen molar-refractivity contribution in [3.63, 3.8) is 0 Å². The maximum Gasteiger partial charge on any atom is 0.153 e. The van der Waals surface area contributed by atoms with Crippen LogP contribution in [0.3, 0.4) is 0 Å². The van der Waals surface area contributed by atoms with E-state index in [4.69, 9.17) is 4.98 Å². The van der Waals surface area contributed by atoms with Crippen LogP contribution in [0.5, 0.6) is 0 Å². The maximum atomic E-state index is 4.83. The van der Waals surface area contributed by atoms with E-state index in [0.29, 0.717) is 23.9 Å². The van der Waals surface area contributed by atoms with Crippen LogP contribution in [0.15, 0.2) is 23.2 Å². The van der Waals surface area contributed by atoms with E-state index in [0.717, 1.165) is 41.4 Å². The molecule has 0 radical (unpaired) electrons. The van der Waals surface area contributed by atoms with Gasteiger partial charge in [-0.25, -0.2) is 4.98 Å². The van der Waals surface area contributed by atoms with Crippen LogP contribution in [0.4, 0.5) is 23.1 Å². The average Bonchev–Trinajstić information content (AvgIpc) is 3.21. The second kappa shape index (κ2) is 7.52. The van der Waals surface area contributed by atoms with Crippen molar-refractivity contribution in [2.45, 2.75) is 57.7 Å². The summed E-state index contributed by atoms with van der Waals surface area (Å²) < 4.78 is 0. The molecule has 2 aromatic heterocycles. The zero-order valence-corrected chi connectivity index (χ0v) is 15.9. The Kier molecular flexibility index (Phi) is 4.94. The van der Waals surface area contributed by atoms with Crippen LogP contribution < -0.4 is 16.0 Å². The third kappa shape index (κ3) is 3.88. The monoisotopic (exact) mass is 365 g/mol. The summed E-state index contributed by atoms with van der Waals surface area (Å²) in [6.45, 7) is 7.72. The Morgan fingerprint density at radius 1 is 1.22 bits per heavy atom. The van der Waals surface area contributed by atoms with Gasteiger partial charge < -0.3 is 16.0 Å². The van der Waals surface area contributed by atoms with Gasteiger partial charge in [-0.2, -0.15) is 5.10 Å². The molecule has 0 unspecified atom stereocenters. The van der Waals surface area contributed by atoms with E-state index in [1.54, 1.807) is 0 Å². The zero-order chi connectivity index (χ0) is 18.8. The summed E-state index contributed by atoms with van der Waals surface area (Å²) in [7, 11) is 0. The number of H-pyrrole nitrogens is 1. The van der Waals surface area contributed by atoms with Crippen molar-refractivity contribution in [1.82, 2.24) is 20.5 Å². The molecule has 2 aromatic rings. The number of hydrogen-bond donors (Lipinski definition) is 4. The number of aromatic nitrogens is 3. The molecule has 0 spiro atoms. The standard InChI is InChI=1S/C20H27N7/c1-4-5-16-17(21-3)11-18(24-19-8-12(2)26-27-19)25-20(16)23-15-9-13-6-7-14(10-15)22-13/h4-5,8,11,13-15,22H,3,6-7,9-10H2,1-2H3,(H3,23,24,25,26,27)/b5-4-/t13-,14+,15-. The number of aromatic amines is 1. The van der Waals surface area contributed by atoms with Gasteiger partial charge in [0.25, 0.3) is 0 Å². The van der Waals surface area contributed by atoms with Crippen LogP contribution in [0.2, 0.25) is 0 Å². The molecule has 4 rings (SSSR count). The number of aryl methyl sites for hydroxylation is 1. The average molecular weight is 365 g/mol. The van der Waals surface area contributed by atoms with Gasteiger partial charge in [0, 0.05) is 41.5 Å². The van der Waals surface area contributed by atoms with Gasteiger partial charge in [-0.15, -0.1) is 0 Å². The van der Waals surface area contributed by atoms with Gasteiger partial charge in [0.15, 0.2) is 5.82 Å². The molecule has 27 heavy (non-hydrogen) atoms. The van der Waals surface area contributed by atoms with Crippen LogP contribution >= 0.6 is 0 Å². The summed E-state index contributed by atoms with van der Waals surface area (Å²) in [6.07, 6.45) is 8.85. The second-order valence-electron chi connectivity index (χ2n) is 7.46. The van der Waals surface area contributed by atoms with Gasteiger partial charge >= 0.3 is 0 Å². The normalized spacial score (nSPS) is 24.3. The van der Waals surface area contributed by atoms with E-state index in [1.807, 2.05) is 38.1 Å². The van der Waals surface area contributed by atoms with Crippen LogP contribution in [0.25, 0.3) is 6.08 Å². The maximum absolute atomic E-state index is 4.83. The summed E-state index contributed by atoms with van der Waals surface area (Å²) >= 11 is 0. The first-order chi connectivity index (χ1) is 13.1. The molecule has 3 atom stereocenters. The van der Waals surface area contributed by atoms with E-state index in [9.17, 15) is 0 Å². The summed E-state index contributed by atoms with van der Waals surface area (Å²) in [6, 6.07) is 5.51. The van der Waals surface area contributed by atoms with Crippen molar-refractivity contribution in [3.05, 3.63) is 29.5 Å². The molecule has 2 bridgehead atoms. The summed E-state index contributed by atoms with van der Waals surface area (Å²) in [4.78, 5) is 9.06. The Hall–Kier alpha value is -2.67. The van der Waals surface area contributed by atoms with Crippen LogP contribution in [0.1, 0.15) is 43.9 Å². The van der Waals surface area contributed by atoms with Crippen molar-refractivity contribution in [2.75, 3.05) is 10.6 Å². The highest BCUT2D eigenvalue weighted by molar-refractivity contribution is 5.78.